The predicted molar refractivity (Wildman–Crippen MR) is 77.1 cm³/mol. The molecule has 1 aromatic rings. The van der Waals surface area contributed by atoms with Crippen molar-refractivity contribution in [3.8, 4) is 0 Å². The molecule has 0 heterocycles. The van der Waals surface area contributed by atoms with Crippen LogP contribution in [-0.4, -0.2) is 23.0 Å². The second-order valence-corrected chi connectivity index (χ2v) is 5.30. The van der Waals surface area contributed by atoms with Gasteiger partial charge in [-0.3, -0.25) is 9.59 Å². The minimum Gasteiger partial charge on any atom is -0.481 e. The van der Waals surface area contributed by atoms with E-state index in [9.17, 15) is 9.59 Å². The highest BCUT2D eigenvalue weighted by atomic mass is 16.4. The van der Waals surface area contributed by atoms with Crippen LogP contribution >= 0.6 is 0 Å². The second-order valence-electron chi connectivity index (χ2n) is 5.30. The number of hydrogen-bond donors (Lipinski definition) is 2. The van der Waals surface area contributed by atoms with Crippen LogP contribution in [0.1, 0.15) is 30.4 Å². The number of carboxylic acids is 1. The van der Waals surface area contributed by atoms with Gasteiger partial charge in [0.05, 0.1) is 5.92 Å². The lowest BCUT2D eigenvalue weighted by Gasteiger charge is -2.10. The van der Waals surface area contributed by atoms with E-state index in [0.29, 0.717) is 12.8 Å². The number of nitrogens with one attached hydrogen (secondary N) is 1. The number of carboxylic acid groups (broad SMARTS) is 1. The lowest BCUT2D eigenvalue weighted by atomic mass is 10.1. The molecule has 1 aromatic carbocycles. The highest BCUT2D eigenvalue weighted by Gasteiger charge is 2.30. The zero-order valence-electron chi connectivity index (χ0n) is 11.5. The van der Waals surface area contributed by atoms with Gasteiger partial charge >= 0.3 is 5.97 Å². The molecule has 2 rings (SSSR count). The molecule has 1 saturated carbocycles. The smallest absolute Gasteiger partial charge is 0.306 e. The molecule has 1 aliphatic carbocycles. The average molecular weight is 273 g/mol. The largest absolute Gasteiger partial charge is 0.481 e. The van der Waals surface area contributed by atoms with Gasteiger partial charge in [0.15, 0.2) is 0 Å². The molecule has 1 fully saturated rings. The molecule has 0 spiro atoms. The molecule has 106 valence electrons. The van der Waals surface area contributed by atoms with Crippen LogP contribution in [0, 0.1) is 12.8 Å². The molecule has 1 amide bonds. The normalized spacial score (nSPS) is 22.1. The Labute approximate surface area is 118 Å². The first kappa shape index (κ1) is 14.3. The van der Waals surface area contributed by atoms with Gasteiger partial charge in [0.2, 0.25) is 5.91 Å². The number of benzene rings is 1. The van der Waals surface area contributed by atoms with Crippen LogP contribution in [-0.2, 0) is 9.59 Å². The maximum absolute atomic E-state index is 11.8. The minimum atomic E-state index is -0.767. The monoisotopic (exact) mass is 273 g/mol. The Morgan fingerprint density at radius 1 is 1.25 bits per heavy atom. The topological polar surface area (TPSA) is 66.4 Å². The van der Waals surface area contributed by atoms with Crippen molar-refractivity contribution in [2.45, 2.75) is 32.2 Å². The van der Waals surface area contributed by atoms with Gasteiger partial charge in [-0.1, -0.05) is 29.8 Å². The number of hydrogen-bond acceptors (Lipinski definition) is 2. The molecule has 2 N–H and O–H groups in total. The summed E-state index contributed by atoms with van der Waals surface area (Å²) in [4.78, 5) is 22.6. The van der Waals surface area contributed by atoms with Crippen molar-refractivity contribution in [1.29, 1.82) is 0 Å². The molecule has 0 saturated heterocycles. The summed E-state index contributed by atoms with van der Waals surface area (Å²) < 4.78 is 0. The van der Waals surface area contributed by atoms with Gasteiger partial charge in [-0.2, -0.15) is 0 Å². The van der Waals surface area contributed by atoms with E-state index in [2.05, 4.69) is 5.32 Å². The molecule has 0 radical (unpaired) electrons. The molecule has 2 unspecified atom stereocenters. The third kappa shape index (κ3) is 3.95. The number of amides is 1. The van der Waals surface area contributed by atoms with E-state index < -0.39 is 5.97 Å². The van der Waals surface area contributed by atoms with Crippen LogP contribution in [0.5, 0.6) is 0 Å². The highest BCUT2D eigenvalue weighted by Crippen LogP contribution is 2.25. The van der Waals surface area contributed by atoms with Crippen molar-refractivity contribution in [2.24, 2.45) is 5.92 Å². The van der Waals surface area contributed by atoms with E-state index in [1.165, 1.54) is 11.6 Å². The summed E-state index contributed by atoms with van der Waals surface area (Å²) in [5, 5.41) is 11.8. The molecule has 1 aliphatic rings. The maximum atomic E-state index is 11.8. The Morgan fingerprint density at radius 2 is 1.95 bits per heavy atom. The van der Waals surface area contributed by atoms with Crippen LogP contribution in [0.3, 0.4) is 0 Å². The number of carbonyl (C=O) groups is 2. The minimum absolute atomic E-state index is 0.0220. The third-order valence-corrected chi connectivity index (χ3v) is 3.63. The van der Waals surface area contributed by atoms with Crippen molar-refractivity contribution < 1.29 is 14.7 Å². The van der Waals surface area contributed by atoms with Crippen molar-refractivity contribution in [2.75, 3.05) is 0 Å². The molecule has 4 nitrogen and oxygen atoms in total. The van der Waals surface area contributed by atoms with E-state index in [4.69, 9.17) is 5.11 Å². The number of aryl methyl sites for hydroxylation is 1. The van der Waals surface area contributed by atoms with Crippen LogP contribution in [0.15, 0.2) is 30.3 Å². The van der Waals surface area contributed by atoms with Gasteiger partial charge in [0.1, 0.15) is 0 Å². The fourth-order valence-electron chi connectivity index (χ4n) is 2.44. The van der Waals surface area contributed by atoms with E-state index in [1.54, 1.807) is 6.08 Å². The van der Waals surface area contributed by atoms with Gasteiger partial charge < -0.3 is 10.4 Å². The van der Waals surface area contributed by atoms with E-state index in [-0.39, 0.29) is 17.9 Å². The van der Waals surface area contributed by atoms with Crippen LogP contribution in [0.2, 0.25) is 0 Å². The van der Waals surface area contributed by atoms with E-state index in [1.807, 2.05) is 31.2 Å². The maximum Gasteiger partial charge on any atom is 0.306 e. The lowest BCUT2D eigenvalue weighted by Crippen LogP contribution is -2.31. The van der Waals surface area contributed by atoms with Gasteiger partial charge in [-0.25, -0.2) is 0 Å². The van der Waals surface area contributed by atoms with Crippen molar-refractivity contribution >= 4 is 18.0 Å². The fraction of sp³-hybridized carbons (Fsp3) is 0.375. The molecule has 0 aliphatic heterocycles. The highest BCUT2D eigenvalue weighted by molar-refractivity contribution is 5.92. The van der Waals surface area contributed by atoms with Crippen molar-refractivity contribution in [3.05, 3.63) is 41.5 Å². The van der Waals surface area contributed by atoms with Crippen LogP contribution < -0.4 is 5.32 Å². The summed E-state index contributed by atoms with van der Waals surface area (Å²) in [5.41, 5.74) is 2.15. The lowest BCUT2D eigenvalue weighted by molar-refractivity contribution is -0.141. The standard InChI is InChI=1S/C16H19NO3/c1-11-2-4-12(5-3-11)6-9-15(18)17-14-8-7-13(10-14)16(19)20/h2-6,9,13-14H,7-8,10H2,1H3,(H,17,18)(H,19,20). The number of rotatable bonds is 4. The molecule has 4 heteroatoms. The first-order chi connectivity index (χ1) is 9.54. The van der Waals surface area contributed by atoms with Gasteiger partial charge in [-0.15, -0.1) is 0 Å². The first-order valence-corrected chi connectivity index (χ1v) is 6.82. The third-order valence-electron chi connectivity index (χ3n) is 3.63. The van der Waals surface area contributed by atoms with E-state index in [0.717, 1.165) is 12.0 Å². The second kappa shape index (κ2) is 6.37. The molecule has 0 aromatic heterocycles. The predicted octanol–water partition coefficient (Wildman–Crippen LogP) is 2.38. The molecule has 2 atom stereocenters. The zero-order chi connectivity index (χ0) is 14.5. The number of carbonyl (C=O) groups excluding carboxylic acids is 1. The summed E-state index contributed by atoms with van der Waals surface area (Å²) in [7, 11) is 0. The van der Waals surface area contributed by atoms with E-state index >= 15 is 0 Å². The average Bonchev–Trinajstić information content (AvgIpc) is 2.87. The fourth-order valence-corrected chi connectivity index (χ4v) is 2.44. The quantitative estimate of drug-likeness (QED) is 0.828. The van der Waals surface area contributed by atoms with Crippen molar-refractivity contribution in [1.82, 2.24) is 5.32 Å². The van der Waals surface area contributed by atoms with Crippen molar-refractivity contribution in [3.63, 3.8) is 0 Å². The van der Waals surface area contributed by atoms with Crippen LogP contribution in [0.25, 0.3) is 6.08 Å². The summed E-state index contributed by atoms with van der Waals surface area (Å²) in [5.74, 6) is -1.25. The Hall–Kier alpha value is -2.10. The Bertz CT molecular complexity index is 519. The molecule has 0 bridgehead atoms. The summed E-state index contributed by atoms with van der Waals surface area (Å²) in [6, 6.07) is 7.87. The molecule has 20 heavy (non-hydrogen) atoms. The Kier molecular flexibility index (Phi) is 4.56. The van der Waals surface area contributed by atoms with Gasteiger partial charge in [0, 0.05) is 12.1 Å². The molecular weight excluding hydrogens is 254 g/mol. The Morgan fingerprint density at radius 3 is 2.55 bits per heavy atom. The SMILES string of the molecule is Cc1ccc(C=CC(=O)NC2CCC(C(=O)O)C2)cc1. The summed E-state index contributed by atoms with van der Waals surface area (Å²) >= 11 is 0. The molecular formula is C16H19NO3. The van der Waals surface area contributed by atoms with Gasteiger partial charge in [-0.05, 0) is 37.8 Å². The van der Waals surface area contributed by atoms with Gasteiger partial charge in [0.25, 0.3) is 0 Å². The first-order valence-electron chi connectivity index (χ1n) is 6.82. The Balaban J connectivity index is 1.84. The van der Waals surface area contributed by atoms with Crippen LogP contribution in [0.4, 0.5) is 0 Å². The zero-order valence-corrected chi connectivity index (χ0v) is 11.5. The summed E-state index contributed by atoms with van der Waals surface area (Å²) in [6.45, 7) is 2.01. The number of aliphatic carboxylic acids is 1. The summed E-state index contributed by atoms with van der Waals surface area (Å²) in [6.07, 6.45) is 5.17.